The van der Waals surface area contributed by atoms with Gasteiger partial charge in [-0.15, -0.1) is 0 Å². The van der Waals surface area contributed by atoms with Gasteiger partial charge in [0.25, 0.3) is 0 Å². The van der Waals surface area contributed by atoms with E-state index in [2.05, 4.69) is 36.6 Å². The summed E-state index contributed by atoms with van der Waals surface area (Å²) in [6.07, 6.45) is 2.29. The van der Waals surface area contributed by atoms with Crippen molar-refractivity contribution in [2.45, 2.75) is 39.5 Å². The SMILES string of the molecule is Cc1cc2c(cc1-c1c(C)noc1C)[nH]c1nc(C(=O)O)nc(Nc3cc(C4CC4)nn3C)c12. The molecule has 4 aromatic heterocycles. The van der Waals surface area contributed by atoms with E-state index in [-0.39, 0.29) is 5.82 Å². The van der Waals surface area contributed by atoms with E-state index < -0.39 is 5.97 Å². The minimum Gasteiger partial charge on any atom is -0.475 e. The first kappa shape index (κ1) is 20.4. The summed E-state index contributed by atoms with van der Waals surface area (Å²) >= 11 is 0. The fourth-order valence-electron chi connectivity index (χ4n) is 4.58. The quantitative estimate of drug-likeness (QED) is 0.344. The minimum atomic E-state index is -1.19. The molecule has 10 heteroatoms. The van der Waals surface area contributed by atoms with E-state index in [1.165, 1.54) is 0 Å². The summed E-state index contributed by atoms with van der Waals surface area (Å²) in [6, 6.07) is 6.09. The van der Waals surface area contributed by atoms with Crippen LogP contribution in [-0.4, -0.2) is 41.0 Å². The lowest BCUT2D eigenvalue weighted by Gasteiger charge is -2.09. The lowest BCUT2D eigenvalue weighted by Crippen LogP contribution is -2.08. The number of hydrogen-bond acceptors (Lipinski definition) is 7. The lowest BCUT2D eigenvalue weighted by atomic mass is 9.97. The first-order chi connectivity index (χ1) is 16.3. The average Bonchev–Trinajstić information content (AvgIpc) is 3.39. The van der Waals surface area contributed by atoms with Gasteiger partial charge in [-0.05, 0) is 56.9 Å². The maximum atomic E-state index is 11.8. The van der Waals surface area contributed by atoms with Gasteiger partial charge >= 0.3 is 5.97 Å². The van der Waals surface area contributed by atoms with Crippen molar-refractivity contribution >= 4 is 39.5 Å². The predicted molar refractivity (Wildman–Crippen MR) is 127 cm³/mol. The molecule has 0 atom stereocenters. The number of fused-ring (bicyclic) bond motifs is 3. The number of carbonyl (C=O) groups is 1. The van der Waals surface area contributed by atoms with Crippen LogP contribution in [0.2, 0.25) is 0 Å². The standard InChI is InChI=1S/C24H23N7O3/c1-10-7-15-17(8-14(10)19-11(2)30-34-12(19)3)25-21-20(15)22(28-23(27-21)24(32)33)26-18-9-16(13-5-6-13)29-31(18)4/h7-9,13H,5-6H2,1-4H3,(H,32,33)(H2,25,26,27,28). The maximum Gasteiger partial charge on any atom is 0.374 e. The molecule has 0 bridgehead atoms. The molecule has 6 rings (SSSR count). The van der Waals surface area contributed by atoms with Crippen LogP contribution < -0.4 is 5.32 Å². The van der Waals surface area contributed by atoms with E-state index in [0.717, 1.165) is 68.8 Å². The Morgan fingerprint density at radius 2 is 2.00 bits per heavy atom. The van der Waals surface area contributed by atoms with Crippen LogP contribution in [-0.2, 0) is 7.05 Å². The van der Waals surface area contributed by atoms with Crippen molar-refractivity contribution in [3.63, 3.8) is 0 Å². The van der Waals surface area contributed by atoms with E-state index in [4.69, 9.17) is 4.52 Å². The number of anilines is 2. The number of aryl methyl sites for hydroxylation is 4. The number of hydrogen-bond donors (Lipinski definition) is 3. The van der Waals surface area contributed by atoms with Crippen molar-refractivity contribution in [2.24, 2.45) is 7.05 Å². The van der Waals surface area contributed by atoms with Crippen LogP contribution in [0.25, 0.3) is 33.1 Å². The molecule has 34 heavy (non-hydrogen) atoms. The Balaban J connectivity index is 1.56. The Morgan fingerprint density at radius 1 is 1.21 bits per heavy atom. The van der Waals surface area contributed by atoms with Crippen LogP contribution in [0.5, 0.6) is 0 Å². The third-order valence-corrected chi connectivity index (χ3v) is 6.43. The van der Waals surface area contributed by atoms with E-state index in [0.29, 0.717) is 17.4 Å². The van der Waals surface area contributed by atoms with Crippen LogP contribution in [0.4, 0.5) is 11.6 Å². The van der Waals surface area contributed by atoms with Crippen molar-refractivity contribution in [3.8, 4) is 11.1 Å². The Morgan fingerprint density at radius 3 is 2.68 bits per heavy atom. The van der Waals surface area contributed by atoms with Crippen molar-refractivity contribution in [3.05, 3.63) is 46.7 Å². The monoisotopic (exact) mass is 457 g/mol. The van der Waals surface area contributed by atoms with Gasteiger partial charge in [0.1, 0.15) is 23.0 Å². The van der Waals surface area contributed by atoms with Gasteiger partial charge in [-0.2, -0.15) is 5.10 Å². The molecule has 0 saturated heterocycles. The molecule has 5 aromatic rings. The zero-order valence-electron chi connectivity index (χ0n) is 19.2. The molecule has 0 radical (unpaired) electrons. The van der Waals surface area contributed by atoms with Crippen molar-refractivity contribution in [1.82, 2.24) is 29.9 Å². The number of H-pyrrole nitrogens is 1. The Labute approximate surface area is 194 Å². The zero-order valence-corrected chi connectivity index (χ0v) is 19.2. The largest absolute Gasteiger partial charge is 0.475 e. The second kappa shape index (κ2) is 7.14. The van der Waals surface area contributed by atoms with E-state index >= 15 is 0 Å². The molecule has 0 unspecified atom stereocenters. The highest BCUT2D eigenvalue weighted by Gasteiger charge is 2.27. The number of aromatic amines is 1. The lowest BCUT2D eigenvalue weighted by molar-refractivity contribution is 0.0684. The summed E-state index contributed by atoms with van der Waals surface area (Å²) in [5.41, 5.74) is 6.10. The molecule has 0 aliphatic heterocycles. The van der Waals surface area contributed by atoms with Crippen LogP contribution in [0, 0.1) is 20.8 Å². The summed E-state index contributed by atoms with van der Waals surface area (Å²) in [7, 11) is 1.86. The molecule has 0 spiro atoms. The van der Waals surface area contributed by atoms with Gasteiger partial charge in [0.05, 0.1) is 16.8 Å². The van der Waals surface area contributed by atoms with Gasteiger partial charge in [-0.3, -0.25) is 4.68 Å². The number of nitrogens with zero attached hydrogens (tertiary/aromatic N) is 5. The molecule has 1 aromatic carbocycles. The van der Waals surface area contributed by atoms with E-state index in [1.54, 1.807) is 4.68 Å². The summed E-state index contributed by atoms with van der Waals surface area (Å²) in [4.78, 5) is 23.7. The highest BCUT2D eigenvalue weighted by atomic mass is 16.5. The first-order valence-electron chi connectivity index (χ1n) is 11.1. The fourth-order valence-corrected chi connectivity index (χ4v) is 4.58. The van der Waals surface area contributed by atoms with Gasteiger partial charge in [-0.1, -0.05) is 5.16 Å². The third kappa shape index (κ3) is 3.13. The van der Waals surface area contributed by atoms with Gasteiger partial charge in [0.2, 0.25) is 5.82 Å². The molecule has 3 N–H and O–H groups in total. The Bertz CT molecular complexity index is 1600. The molecule has 1 saturated carbocycles. The molecule has 0 amide bonds. The predicted octanol–water partition coefficient (Wildman–Crippen LogP) is 4.74. The summed E-state index contributed by atoms with van der Waals surface area (Å²) in [5.74, 6) is 0.933. The fraction of sp³-hybridized carbons (Fsp3) is 0.292. The summed E-state index contributed by atoms with van der Waals surface area (Å²) in [6.45, 7) is 5.83. The topological polar surface area (TPSA) is 135 Å². The van der Waals surface area contributed by atoms with Crippen LogP contribution in [0.1, 0.15) is 52.1 Å². The molecular weight excluding hydrogens is 434 g/mol. The Hall–Kier alpha value is -4.21. The second-order valence-electron chi connectivity index (χ2n) is 8.94. The number of aromatic nitrogens is 6. The normalized spacial score (nSPS) is 13.8. The van der Waals surface area contributed by atoms with Crippen molar-refractivity contribution in [2.75, 3.05) is 5.32 Å². The minimum absolute atomic E-state index is 0.284. The smallest absolute Gasteiger partial charge is 0.374 e. The Kier molecular flexibility index (Phi) is 4.29. The highest BCUT2D eigenvalue weighted by Crippen LogP contribution is 2.41. The highest BCUT2D eigenvalue weighted by molar-refractivity contribution is 6.13. The number of carboxylic acids is 1. The number of aromatic carboxylic acids is 1. The summed E-state index contributed by atoms with van der Waals surface area (Å²) < 4.78 is 7.13. The van der Waals surface area contributed by atoms with Gasteiger partial charge < -0.3 is 19.9 Å². The molecule has 10 nitrogen and oxygen atoms in total. The summed E-state index contributed by atoms with van der Waals surface area (Å²) in [5, 5.41) is 23.2. The van der Waals surface area contributed by atoms with Crippen molar-refractivity contribution in [1.29, 1.82) is 0 Å². The molecule has 4 heterocycles. The number of benzene rings is 1. The average molecular weight is 457 g/mol. The molecular formula is C24H23N7O3. The third-order valence-electron chi connectivity index (χ3n) is 6.43. The van der Waals surface area contributed by atoms with Gasteiger partial charge in [0.15, 0.2) is 0 Å². The van der Waals surface area contributed by atoms with E-state index in [9.17, 15) is 9.90 Å². The van der Waals surface area contributed by atoms with Crippen LogP contribution in [0.15, 0.2) is 22.7 Å². The maximum absolute atomic E-state index is 11.8. The number of nitrogens with one attached hydrogen (secondary N) is 2. The van der Waals surface area contributed by atoms with Gasteiger partial charge in [0, 0.05) is 35.5 Å². The van der Waals surface area contributed by atoms with Crippen molar-refractivity contribution < 1.29 is 14.4 Å². The van der Waals surface area contributed by atoms with E-state index in [1.807, 2.05) is 40.0 Å². The first-order valence-corrected chi connectivity index (χ1v) is 11.1. The van der Waals surface area contributed by atoms with Crippen LogP contribution >= 0.6 is 0 Å². The van der Waals surface area contributed by atoms with Gasteiger partial charge in [-0.25, -0.2) is 14.8 Å². The molecule has 172 valence electrons. The number of rotatable bonds is 5. The molecule has 1 fully saturated rings. The second-order valence-corrected chi connectivity index (χ2v) is 8.94. The number of carboxylic acid groups (broad SMARTS) is 1. The van der Waals surface area contributed by atoms with Crippen LogP contribution in [0.3, 0.4) is 0 Å². The molecule has 1 aliphatic rings. The zero-order chi connectivity index (χ0) is 23.7. The molecule has 1 aliphatic carbocycles.